The lowest BCUT2D eigenvalue weighted by atomic mass is 10.2. The molecule has 0 atom stereocenters. The van der Waals surface area contributed by atoms with Gasteiger partial charge < -0.3 is 10.6 Å². The summed E-state index contributed by atoms with van der Waals surface area (Å²) in [6.07, 6.45) is 0. The maximum Gasteiger partial charge on any atom is 0.251 e. The van der Waals surface area contributed by atoms with Crippen LogP contribution in [0.1, 0.15) is 29.8 Å². The smallest absolute Gasteiger partial charge is 0.251 e. The molecule has 0 fully saturated rings. The fraction of sp³-hybridized carbons (Fsp3) is 0.263. The van der Waals surface area contributed by atoms with Crippen molar-refractivity contribution >= 4 is 43.5 Å². The standard InChI is InChI=1S/C19H22BrN3O4S/c1-12(2)23-28(26,27)16-6-4-5-14(10-16)19(25)21-11-18(24)22-15-7-8-17(20)13(3)9-15/h4-10,12,23H,11H2,1-3H3,(H,21,25)(H,22,24). The van der Waals surface area contributed by atoms with Crippen LogP contribution in [-0.4, -0.2) is 32.8 Å². The molecule has 0 aromatic heterocycles. The number of aryl methyl sites for hydroxylation is 1. The number of benzene rings is 2. The first-order valence-corrected chi connectivity index (χ1v) is 10.8. The predicted molar refractivity (Wildman–Crippen MR) is 112 cm³/mol. The molecule has 0 unspecified atom stereocenters. The van der Waals surface area contributed by atoms with Crippen LogP contribution in [0.15, 0.2) is 51.8 Å². The SMILES string of the molecule is Cc1cc(NC(=O)CNC(=O)c2cccc(S(=O)(=O)NC(C)C)c2)ccc1Br. The quantitative estimate of drug-likeness (QED) is 0.581. The first kappa shape index (κ1) is 22.1. The van der Waals surface area contributed by atoms with Gasteiger partial charge in [0.25, 0.3) is 5.91 Å². The molecule has 0 radical (unpaired) electrons. The van der Waals surface area contributed by atoms with E-state index >= 15 is 0 Å². The van der Waals surface area contributed by atoms with Gasteiger partial charge in [0.2, 0.25) is 15.9 Å². The molecule has 0 aliphatic heterocycles. The highest BCUT2D eigenvalue weighted by molar-refractivity contribution is 9.10. The molecule has 2 rings (SSSR count). The van der Waals surface area contributed by atoms with E-state index in [-0.39, 0.29) is 29.0 Å². The van der Waals surface area contributed by atoms with Crippen LogP contribution in [0.25, 0.3) is 0 Å². The van der Waals surface area contributed by atoms with Crippen molar-refractivity contribution in [3.8, 4) is 0 Å². The lowest BCUT2D eigenvalue weighted by molar-refractivity contribution is -0.115. The Labute approximate surface area is 173 Å². The Bertz CT molecular complexity index is 990. The first-order chi connectivity index (χ1) is 13.1. The molecule has 28 heavy (non-hydrogen) atoms. The van der Waals surface area contributed by atoms with Gasteiger partial charge in [-0.3, -0.25) is 9.59 Å². The van der Waals surface area contributed by atoms with Crippen LogP contribution in [0.2, 0.25) is 0 Å². The fourth-order valence-electron chi connectivity index (χ4n) is 2.37. The molecule has 7 nitrogen and oxygen atoms in total. The van der Waals surface area contributed by atoms with E-state index in [4.69, 9.17) is 0 Å². The molecular formula is C19H22BrN3O4S. The zero-order chi connectivity index (χ0) is 20.9. The van der Waals surface area contributed by atoms with E-state index in [1.54, 1.807) is 26.0 Å². The van der Waals surface area contributed by atoms with E-state index in [9.17, 15) is 18.0 Å². The summed E-state index contributed by atoms with van der Waals surface area (Å²) in [4.78, 5) is 24.3. The Morgan fingerprint density at radius 1 is 1.11 bits per heavy atom. The Morgan fingerprint density at radius 2 is 1.82 bits per heavy atom. The van der Waals surface area contributed by atoms with E-state index in [1.807, 2.05) is 13.0 Å². The number of sulfonamides is 1. The molecule has 2 aromatic rings. The molecule has 0 saturated carbocycles. The molecule has 0 heterocycles. The van der Waals surface area contributed by atoms with E-state index < -0.39 is 15.9 Å². The van der Waals surface area contributed by atoms with Gasteiger partial charge in [0.1, 0.15) is 0 Å². The molecule has 9 heteroatoms. The van der Waals surface area contributed by atoms with Gasteiger partial charge in [-0.1, -0.05) is 22.0 Å². The van der Waals surface area contributed by atoms with Gasteiger partial charge in [0.15, 0.2) is 0 Å². The van der Waals surface area contributed by atoms with Crippen LogP contribution in [0, 0.1) is 6.92 Å². The van der Waals surface area contributed by atoms with Gasteiger partial charge >= 0.3 is 0 Å². The third kappa shape index (κ3) is 6.15. The second-order valence-electron chi connectivity index (χ2n) is 6.50. The summed E-state index contributed by atoms with van der Waals surface area (Å²) >= 11 is 3.39. The first-order valence-electron chi connectivity index (χ1n) is 8.55. The van der Waals surface area contributed by atoms with Gasteiger partial charge in [-0.05, 0) is 62.7 Å². The molecule has 0 spiro atoms. The molecule has 0 bridgehead atoms. The number of halogens is 1. The lowest BCUT2D eigenvalue weighted by Gasteiger charge is -2.11. The normalized spacial score (nSPS) is 11.3. The Hall–Kier alpha value is -2.23. The number of nitrogens with one attached hydrogen (secondary N) is 3. The van der Waals surface area contributed by atoms with E-state index in [1.165, 1.54) is 24.3 Å². The third-order valence-corrected chi connectivity index (χ3v) is 6.19. The van der Waals surface area contributed by atoms with Gasteiger partial charge in [0.05, 0.1) is 11.4 Å². The van der Waals surface area contributed by atoms with Crippen LogP contribution >= 0.6 is 15.9 Å². The van der Waals surface area contributed by atoms with Gasteiger partial charge in [0, 0.05) is 21.8 Å². The summed E-state index contributed by atoms with van der Waals surface area (Å²) in [6.45, 7) is 5.07. The number of hydrogen-bond acceptors (Lipinski definition) is 4. The average molecular weight is 468 g/mol. The van der Waals surface area contributed by atoms with E-state index in [0.717, 1.165) is 10.0 Å². The molecule has 2 aromatic carbocycles. The number of hydrogen-bond donors (Lipinski definition) is 3. The summed E-state index contributed by atoms with van der Waals surface area (Å²) in [6, 6.07) is 10.7. The van der Waals surface area contributed by atoms with Crippen molar-refractivity contribution in [1.82, 2.24) is 10.0 Å². The second kappa shape index (κ2) is 9.31. The monoisotopic (exact) mass is 467 g/mol. The number of anilines is 1. The number of carbonyl (C=O) groups is 2. The average Bonchev–Trinajstić information content (AvgIpc) is 2.62. The minimum atomic E-state index is -3.71. The van der Waals surface area contributed by atoms with E-state index in [0.29, 0.717) is 5.69 Å². The molecule has 0 aliphatic rings. The van der Waals surface area contributed by atoms with Crippen molar-refractivity contribution in [2.75, 3.05) is 11.9 Å². The van der Waals surface area contributed by atoms with Crippen molar-refractivity contribution in [2.24, 2.45) is 0 Å². The van der Waals surface area contributed by atoms with Crippen LogP contribution < -0.4 is 15.4 Å². The summed E-state index contributed by atoms with van der Waals surface area (Å²) in [5, 5.41) is 5.18. The minimum absolute atomic E-state index is 0.0105. The van der Waals surface area contributed by atoms with Crippen LogP contribution in [0.5, 0.6) is 0 Å². The van der Waals surface area contributed by atoms with E-state index in [2.05, 4.69) is 31.3 Å². The number of rotatable bonds is 7. The van der Waals surface area contributed by atoms with Crippen LogP contribution in [0.3, 0.4) is 0 Å². The zero-order valence-corrected chi connectivity index (χ0v) is 18.1. The Kier molecular flexibility index (Phi) is 7.34. The maximum absolute atomic E-state index is 12.3. The highest BCUT2D eigenvalue weighted by atomic mass is 79.9. The fourth-order valence-corrected chi connectivity index (χ4v) is 3.92. The molecule has 2 amide bonds. The van der Waals surface area contributed by atoms with Crippen molar-refractivity contribution in [1.29, 1.82) is 0 Å². The summed E-state index contributed by atoms with van der Waals surface area (Å²) < 4.78 is 27.8. The van der Waals surface area contributed by atoms with Crippen molar-refractivity contribution < 1.29 is 18.0 Å². The summed E-state index contributed by atoms with van der Waals surface area (Å²) in [5.74, 6) is -0.927. The molecular weight excluding hydrogens is 446 g/mol. The second-order valence-corrected chi connectivity index (χ2v) is 9.07. The van der Waals surface area contributed by atoms with Crippen molar-refractivity contribution in [3.05, 3.63) is 58.1 Å². The maximum atomic E-state index is 12.3. The highest BCUT2D eigenvalue weighted by Gasteiger charge is 2.17. The Morgan fingerprint density at radius 3 is 2.46 bits per heavy atom. The topological polar surface area (TPSA) is 104 Å². The summed E-state index contributed by atoms with van der Waals surface area (Å²) in [7, 11) is -3.71. The molecule has 3 N–H and O–H groups in total. The third-order valence-electron chi connectivity index (χ3n) is 3.65. The summed E-state index contributed by atoms with van der Waals surface area (Å²) in [5.41, 5.74) is 1.74. The number of amides is 2. The molecule has 150 valence electrons. The number of carbonyl (C=O) groups excluding carboxylic acids is 2. The lowest BCUT2D eigenvalue weighted by Crippen LogP contribution is -2.33. The predicted octanol–water partition coefficient (Wildman–Crippen LogP) is 2.81. The molecule has 0 saturated heterocycles. The molecule has 0 aliphatic carbocycles. The zero-order valence-electron chi connectivity index (χ0n) is 15.7. The van der Waals surface area contributed by atoms with Crippen LogP contribution in [-0.2, 0) is 14.8 Å². The Balaban J connectivity index is 2.00. The van der Waals surface area contributed by atoms with Crippen molar-refractivity contribution in [3.63, 3.8) is 0 Å². The van der Waals surface area contributed by atoms with Crippen molar-refractivity contribution in [2.45, 2.75) is 31.7 Å². The highest BCUT2D eigenvalue weighted by Crippen LogP contribution is 2.19. The van der Waals surface area contributed by atoms with Gasteiger partial charge in [-0.25, -0.2) is 13.1 Å². The minimum Gasteiger partial charge on any atom is -0.343 e. The van der Waals surface area contributed by atoms with Gasteiger partial charge in [-0.15, -0.1) is 0 Å². The van der Waals surface area contributed by atoms with Crippen LogP contribution in [0.4, 0.5) is 5.69 Å². The largest absolute Gasteiger partial charge is 0.343 e. The van der Waals surface area contributed by atoms with Gasteiger partial charge in [-0.2, -0.15) is 0 Å².